The Hall–Kier alpha value is -2.70. The van der Waals surface area contributed by atoms with Crippen molar-refractivity contribution in [3.05, 3.63) is 86.9 Å². The van der Waals surface area contributed by atoms with Crippen LogP contribution in [-0.4, -0.2) is 21.9 Å². The van der Waals surface area contributed by atoms with Crippen LogP contribution in [-0.2, 0) is 12.0 Å². The number of halogens is 3. The van der Waals surface area contributed by atoms with E-state index < -0.39 is 5.41 Å². The fourth-order valence-corrected chi connectivity index (χ4v) is 5.13. The number of carbonyl (C=O) groups excluding carboxylic acids is 1. The number of aromatic nitrogens is 2. The molecule has 1 unspecified atom stereocenters. The van der Waals surface area contributed by atoms with Crippen LogP contribution >= 0.6 is 23.2 Å². The zero-order valence-corrected chi connectivity index (χ0v) is 21.4. The maximum absolute atomic E-state index is 13.8. The topological polar surface area (TPSA) is 66.9 Å². The monoisotopic (exact) mass is 514 g/mol. The number of anilines is 1. The predicted molar refractivity (Wildman–Crippen MR) is 139 cm³/mol. The van der Waals surface area contributed by atoms with E-state index in [2.05, 4.69) is 29.5 Å². The molecular weight excluding hydrogens is 486 g/mol. The number of hydrogen-bond donors (Lipinski definition) is 2. The second-order valence-electron chi connectivity index (χ2n) is 9.12. The van der Waals surface area contributed by atoms with Gasteiger partial charge in [-0.15, -0.1) is 0 Å². The van der Waals surface area contributed by atoms with E-state index in [-0.39, 0.29) is 24.3 Å². The second-order valence-corrected chi connectivity index (χ2v) is 9.97. The molecule has 1 saturated carbocycles. The summed E-state index contributed by atoms with van der Waals surface area (Å²) in [5, 5.41) is 7.31. The van der Waals surface area contributed by atoms with E-state index in [0.29, 0.717) is 27.3 Å². The molecule has 35 heavy (non-hydrogen) atoms. The lowest BCUT2D eigenvalue weighted by molar-refractivity contribution is 0.0947. The summed E-state index contributed by atoms with van der Waals surface area (Å²) in [4.78, 5) is 22.8. The first-order chi connectivity index (χ1) is 16.8. The average molecular weight is 515 g/mol. The van der Waals surface area contributed by atoms with Gasteiger partial charge in [0.25, 0.3) is 5.91 Å². The minimum absolute atomic E-state index is 0.180. The zero-order chi connectivity index (χ0) is 25.0. The van der Waals surface area contributed by atoms with E-state index in [0.717, 1.165) is 43.2 Å². The highest BCUT2D eigenvalue weighted by Gasteiger charge is 2.42. The van der Waals surface area contributed by atoms with Crippen molar-refractivity contribution in [2.24, 2.45) is 0 Å². The lowest BCUT2D eigenvalue weighted by Gasteiger charge is -2.31. The van der Waals surface area contributed by atoms with Gasteiger partial charge in [0.15, 0.2) is 0 Å². The molecule has 1 aromatic heterocycles. The third-order valence-corrected chi connectivity index (χ3v) is 7.37. The molecule has 2 aromatic carbocycles. The summed E-state index contributed by atoms with van der Waals surface area (Å²) < 4.78 is 13.8. The van der Waals surface area contributed by atoms with Gasteiger partial charge in [-0.25, -0.2) is 14.4 Å². The summed E-state index contributed by atoms with van der Waals surface area (Å²) in [5.74, 6) is -0.0870. The smallest absolute Gasteiger partial charge is 0.255 e. The lowest BCUT2D eigenvalue weighted by Crippen LogP contribution is -2.33. The highest BCUT2D eigenvalue weighted by atomic mass is 35.5. The fourth-order valence-electron chi connectivity index (χ4n) is 4.65. The molecule has 1 amide bonds. The minimum atomic E-state index is -0.493. The van der Waals surface area contributed by atoms with Gasteiger partial charge in [-0.3, -0.25) is 4.79 Å². The minimum Gasteiger partial charge on any atom is -0.352 e. The van der Waals surface area contributed by atoms with E-state index in [4.69, 9.17) is 28.2 Å². The van der Waals surface area contributed by atoms with Gasteiger partial charge in [0.2, 0.25) is 5.95 Å². The van der Waals surface area contributed by atoms with Crippen LogP contribution in [0.4, 0.5) is 10.3 Å². The Kier molecular flexibility index (Phi) is 7.92. The van der Waals surface area contributed by atoms with Crippen molar-refractivity contribution in [1.29, 1.82) is 0 Å². The normalized spacial score (nSPS) is 15.6. The standard InChI is InChI=1S/C27H29Cl2FN4O/c1-3-17(2)33-26-32-16-22(25(35)31-15-18-6-9-20(28)14-23(18)29)24(34-26)27(12-4-5-13-27)19-7-10-21(30)11-8-19/h6-11,14,16-17H,3-5,12-13,15H2,1-2H3,(H,31,35)(H,32,33,34). The van der Waals surface area contributed by atoms with E-state index in [1.165, 1.54) is 12.1 Å². The molecule has 1 atom stereocenters. The van der Waals surface area contributed by atoms with Crippen molar-refractivity contribution in [1.82, 2.24) is 15.3 Å². The molecule has 0 spiro atoms. The van der Waals surface area contributed by atoms with Crippen molar-refractivity contribution >= 4 is 35.1 Å². The van der Waals surface area contributed by atoms with Crippen molar-refractivity contribution in [2.75, 3.05) is 5.32 Å². The van der Waals surface area contributed by atoms with Crippen LogP contribution in [0.5, 0.6) is 0 Å². The summed E-state index contributed by atoms with van der Waals surface area (Å²) in [6, 6.07) is 11.9. The third-order valence-electron chi connectivity index (χ3n) is 6.78. The molecule has 1 aliphatic carbocycles. The Morgan fingerprint density at radius 1 is 1.14 bits per heavy atom. The maximum Gasteiger partial charge on any atom is 0.255 e. The Morgan fingerprint density at radius 3 is 2.51 bits per heavy atom. The molecule has 0 aliphatic heterocycles. The summed E-state index contributed by atoms with van der Waals surface area (Å²) >= 11 is 12.3. The Bertz CT molecular complexity index is 1200. The van der Waals surface area contributed by atoms with Gasteiger partial charge in [0, 0.05) is 34.2 Å². The molecular formula is C27H29Cl2FN4O. The predicted octanol–water partition coefficient (Wildman–Crippen LogP) is 6.92. The van der Waals surface area contributed by atoms with Crippen molar-refractivity contribution in [2.45, 2.75) is 64.0 Å². The number of hydrogen-bond acceptors (Lipinski definition) is 4. The molecule has 0 bridgehead atoms. The number of amides is 1. The molecule has 4 rings (SSSR count). The zero-order valence-electron chi connectivity index (χ0n) is 19.9. The largest absolute Gasteiger partial charge is 0.352 e. The van der Waals surface area contributed by atoms with Crippen LogP contribution in [0.25, 0.3) is 0 Å². The molecule has 1 heterocycles. The van der Waals surface area contributed by atoms with E-state index in [1.807, 2.05) is 0 Å². The van der Waals surface area contributed by atoms with Crippen LogP contribution < -0.4 is 10.6 Å². The summed E-state index contributed by atoms with van der Waals surface area (Å²) in [6.07, 6.45) is 6.14. The van der Waals surface area contributed by atoms with Crippen molar-refractivity contribution in [3.8, 4) is 0 Å². The van der Waals surface area contributed by atoms with E-state index >= 15 is 0 Å². The number of rotatable bonds is 8. The SMILES string of the molecule is CCC(C)Nc1ncc(C(=O)NCc2ccc(Cl)cc2Cl)c(C2(c3ccc(F)cc3)CCCC2)n1. The number of carbonyl (C=O) groups is 1. The maximum atomic E-state index is 13.8. The van der Waals surface area contributed by atoms with E-state index in [1.54, 1.807) is 36.5 Å². The quantitative estimate of drug-likeness (QED) is 0.342. The van der Waals surface area contributed by atoms with Crippen LogP contribution in [0, 0.1) is 5.82 Å². The molecule has 5 nitrogen and oxygen atoms in total. The average Bonchev–Trinajstić information content (AvgIpc) is 3.35. The highest BCUT2D eigenvalue weighted by Crippen LogP contribution is 2.47. The molecule has 3 aromatic rings. The van der Waals surface area contributed by atoms with E-state index in [9.17, 15) is 9.18 Å². The van der Waals surface area contributed by atoms with Gasteiger partial charge in [0.1, 0.15) is 5.82 Å². The first kappa shape index (κ1) is 25.4. The molecule has 1 aliphatic rings. The molecule has 0 radical (unpaired) electrons. The Labute approximate surface area is 215 Å². The van der Waals surface area contributed by atoms with Gasteiger partial charge in [-0.05, 0) is 61.6 Å². The summed E-state index contributed by atoms with van der Waals surface area (Å²) in [6.45, 7) is 4.38. The summed E-state index contributed by atoms with van der Waals surface area (Å²) in [5.41, 5.74) is 2.31. The first-order valence-electron chi connectivity index (χ1n) is 11.9. The lowest BCUT2D eigenvalue weighted by atomic mass is 9.74. The number of nitrogens with zero attached hydrogens (tertiary/aromatic N) is 2. The van der Waals surface area contributed by atoms with Gasteiger partial charge >= 0.3 is 0 Å². The molecule has 0 saturated heterocycles. The molecule has 184 valence electrons. The fraction of sp³-hybridized carbons (Fsp3) is 0.370. The van der Waals surface area contributed by atoms with Crippen LogP contribution in [0.15, 0.2) is 48.7 Å². The van der Waals surface area contributed by atoms with Gasteiger partial charge < -0.3 is 10.6 Å². The van der Waals surface area contributed by atoms with Gasteiger partial charge in [0.05, 0.1) is 11.3 Å². The Balaban J connectivity index is 1.73. The van der Waals surface area contributed by atoms with Crippen molar-refractivity contribution in [3.63, 3.8) is 0 Å². The van der Waals surface area contributed by atoms with Crippen LogP contribution in [0.1, 0.15) is 73.1 Å². The number of benzene rings is 2. The molecule has 8 heteroatoms. The van der Waals surface area contributed by atoms with Crippen LogP contribution in [0.2, 0.25) is 10.0 Å². The van der Waals surface area contributed by atoms with Crippen LogP contribution in [0.3, 0.4) is 0 Å². The van der Waals surface area contributed by atoms with Crippen molar-refractivity contribution < 1.29 is 9.18 Å². The number of nitrogens with one attached hydrogen (secondary N) is 2. The molecule has 2 N–H and O–H groups in total. The van der Waals surface area contributed by atoms with Gasteiger partial charge in [-0.1, -0.05) is 61.2 Å². The second kappa shape index (κ2) is 10.9. The third kappa shape index (κ3) is 5.60. The summed E-state index contributed by atoms with van der Waals surface area (Å²) in [7, 11) is 0. The highest BCUT2D eigenvalue weighted by molar-refractivity contribution is 6.35. The van der Waals surface area contributed by atoms with Gasteiger partial charge in [-0.2, -0.15) is 0 Å². The first-order valence-corrected chi connectivity index (χ1v) is 12.7. The Morgan fingerprint density at radius 2 is 1.86 bits per heavy atom. The molecule has 1 fully saturated rings.